The molecular formula is C30H38N3O9PS. The fourth-order valence-corrected chi connectivity index (χ4v) is 6.28. The van der Waals surface area contributed by atoms with Crippen molar-refractivity contribution in [2.24, 2.45) is 0 Å². The molecule has 0 radical (unpaired) electrons. The molecule has 3 aromatic rings. The Morgan fingerprint density at radius 3 is 2.05 bits per heavy atom. The van der Waals surface area contributed by atoms with Crippen molar-refractivity contribution in [3.63, 3.8) is 0 Å². The number of aromatic nitrogens is 2. The Hall–Kier alpha value is -3.79. The molecule has 0 saturated carbocycles. The van der Waals surface area contributed by atoms with Gasteiger partial charge in [0.05, 0.1) is 48.0 Å². The summed E-state index contributed by atoms with van der Waals surface area (Å²) in [6.07, 6.45) is 11.2. The molecule has 0 aliphatic carbocycles. The van der Waals surface area contributed by atoms with Gasteiger partial charge in [-0.3, -0.25) is 14.3 Å². The van der Waals surface area contributed by atoms with Crippen LogP contribution >= 0.6 is 7.60 Å². The second kappa shape index (κ2) is 16.9. The van der Waals surface area contributed by atoms with Gasteiger partial charge in [-0.15, -0.1) is 12.8 Å². The van der Waals surface area contributed by atoms with Crippen LogP contribution in [-0.2, 0) is 34.3 Å². The van der Waals surface area contributed by atoms with Gasteiger partial charge in [0.25, 0.3) is 5.91 Å². The molecule has 0 atom stereocenters. The van der Waals surface area contributed by atoms with Crippen LogP contribution in [-0.4, -0.2) is 63.1 Å². The lowest BCUT2D eigenvalue weighted by Crippen LogP contribution is -2.14. The molecule has 0 aliphatic heterocycles. The Balaban J connectivity index is 0.00000330. The van der Waals surface area contributed by atoms with Crippen LogP contribution in [0.2, 0.25) is 0 Å². The molecule has 44 heavy (non-hydrogen) atoms. The van der Waals surface area contributed by atoms with E-state index in [4.69, 9.17) is 23.3 Å². The second-order valence-corrected chi connectivity index (χ2v) is 13.8. The van der Waals surface area contributed by atoms with Crippen molar-refractivity contribution in [2.75, 3.05) is 31.9 Å². The van der Waals surface area contributed by atoms with Gasteiger partial charge in [-0.1, -0.05) is 0 Å². The Morgan fingerprint density at radius 2 is 1.52 bits per heavy atom. The molecule has 0 unspecified atom stereocenters. The number of methoxy groups -OCH3 is 1. The summed E-state index contributed by atoms with van der Waals surface area (Å²) < 4.78 is 64.4. The molecule has 1 amide bonds. The standard InChI is InChI=1S/C28H36N3O9PS.C2H2/c1-19(2)39-41(33,40-20(3)4)18-22-16-30-27(17-29-22)31-28(32)21-13-24(37-12-11-36-5)15-25(14-21)38-23-7-9-26(10-8-23)42(6,34)35;1-2/h7-10,13-17,19-20H,11-12,18H2,1-6H3,(H,30,31,32);1-2H. The highest BCUT2D eigenvalue weighted by Gasteiger charge is 2.29. The zero-order valence-electron chi connectivity index (χ0n) is 25.6. The van der Waals surface area contributed by atoms with E-state index in [2.05, 4.69) is 28.1 Å². The molecule has 1 heterocycles. The Morgan fingerprint density at radius 1 is 0.909 bits per heavy atom. The van der Waals surface area contributed by atoms with Crippen LogP contribution in [0, 0.1) is 12.8 Å². The maximum atomic E-state index is 13.2. The summed E-state index contributed by atoms with van der Waals surface area (Å²) in [5.41, 5.74) is 0.586. The third-order valence-corrected chi connectivity index (χ3v) is 8.56. The number of hydrogen-bond donors (Lipinski definition) is 1. The number of nitrogens with zero attached hydrogens (tertiary/aromatic N) is 2. The molecule has 3 rings (SSSR count). The first kappa shape index (κ1) is 36.4. The molecule has 12 nitrogen and oxygen atoms in total. The molecule has 0 bridgehead atoms. The third-order valence-electron chi connectivity index (χ3n) is 5.23. The predicted octanol–water partition coefficient (Wildman–Crippen LogP) is 5.74. The number of benzene rings is 2. The van der Waals surface area contributed by atoms with Crippen molar-refractivity contribution < 1.29 is 41.0 Å². The van der Waals surface area contributed by atoms with Gasteiger partial charge in [-0.05, 0) is 64.1 Å². The van der Waals surface area contributed by atoms with E-state index in [0.717, 1.165) is 6.26 Å². The lowest BCUT2D eigenvalue weighted by molar-refractivity contribution is 0.102. The smallest absolute Gasteiger partial charge is 0.337 e. The molecule has 0 aliphatic rings. The number of carbonyl (C=O) groups excluding carboxylic acids is 1. The van der Waals surface area contributed by atoms with Crippen molar-refractivity contribution in [3.8, 4) is 30.1 Å². The number of amides is 1. The van der Waals surface area contributed by atoms with Crippen LogP contribution in [0.4, 0.5) is 5.82 Å². The second-order valence-electron chi connectivity index (χ2n) is 9.80. The number of carbonyl (C=O) groups is 1. The van der Waals surface area contributed by atoms with Crippen LogP contribution in [0.15, 0.2) is 59.8 Å². The van der Waals surface area contributed by atoms with E-state index in [9.17, 15) is 17.8 Å². The molecule has 0 saturated heterocycles. The molecular weight excluding hydrogens is 609 g/mol. The maximum Gasteiger partial charge on any atom is 0.337 e. The molecule has 14 heteroatoms. The van der Waals surface area contributed by atoms with Gasteiger partial charge in [0.1, 0.15) is 23.9 Å². The van der Waals surface area contributed by atoms with E-state index in [1.54, 1.807) is 40.9 Å². The average Bonchev–Trinajstić information content (AvgIpc) is 2.94. The van der Waals surface area contributed by atoms with Crippen molar-refractivity contribution in [1.29, 1.82) is 0 Å². The lowest BCUT2D eigenvalue weighted by atomic mass is 10.2. The number of sulfone groups is 1. The SMILES string of the molecule is C#C.COCCOc1cc(Oc2ccc(S(C)(=O)=O)cc2)cc(C(=O)Nc2cnc(CP(=O)(OC(C)C)OC(C)C)cn2)c1. The summed E-state index contributed by atoms with van der Waals surface area (Å²) in [6, 6.07) is 10.5. The zero-order valence-corrected chi connectivity index (χ0v) is 27.3. The van der Waals surface area contributed by atoms with Crippen LogP contribution in [0.3, 0.4) is 0 Å². The summed E-state index contributed by atoms with van der Waals surface area (Å²) in [5.74, 6) is 0.662. The van der Waals surface area contributed by atoms with Crippen LogP contribution in [0.1, 0.15) is 43.7 Å². The van der Waals surface area contributed by atoms with Crippen molar-refractivity contribution in [3.05, 3.63) is 66.1 Å². The molecule has 238 valence electrons. The fourth-order valence-electron chi connectivity index (χ4n) is 3.61. The molecule has 0 spiro atoms. The van der Waals surface area contributed by atoms with Gasteiger partial charge < -0.3 is 28.6 Å². The average molecular weight is 648 g/mol. The summed E-state index contributed by atoms with van der Waals surface area (Å²) in [7, 11) is -5.28. The number of ether oxygens (including phenoxy) is 3. The van der Waals surface area contributed by atoms with E-state index in [-0.39, 0.29) is 47.0 Å². The number of terminal acetylenes is 1. The first-order chi connectivity index (χ1) is 20.8. The van der Waals surface area contributed by atoms with Gasteiger partial charge in [0.2, 0.25) is 0 Å². The Kier molecular flexibility index (Phi) is 14.0. The minimum Gasteiger partial charge on any atom is -0.491 e. The van der Waals surface area contributed by atoms with Crippen LogP contribution in [0.25, 0.3) is 0 Å². The lowest BCUT2D eigenvalue weighted by Gasteiger charge is -2.22. The maximum absolute atomic E-state index is 13.2. The number of rotatable bonds is 15. The topological polar surface area (TPSA) is 152 Å². The molecule has 0 fully saturated rings. The highest BCUT2D eigenvalue weighted by atomic mass is 32.2. The summed E-state index contributed by atoms with van der Waals surface area (Å²) in [6.45, 7) is 7.64. The molecule has 2 aromatic carbocycles. The monoisotopic (exact) mass is 647 g/mol. The van der Waals surface area contributed by atoms with Gasteiger partial charge in [0.15, 0.2) is 15.7 Å². The van der Waals surface area contributed by atoms with Crippen LogP contribution in [0.5, 0.6) is 17.2 Å². The van der Waals surface area contributed by atoms with Crippen molar-refractivity contribution in [2.45, 2.75) is 51.0 Å². The van der Waals surface area contributed by atoms with E-state index >= 15 is 0 Å². The fraction of sp³-hybridized carbons (Fsp3) is 0.367. The quantitative estimate of drug-likeness (QED) is 0.122. The Labute approximate surface area is 258 Å². The Bertz CT molecular complexity index is 1530. The minimum absolute atomic E-state index is 0.0721. The first-order valence-electron chi connectivity index (χ1n) is 13.4. The minimum atomic E-state index is -3.46. The number of hydrogen-bond acceptors (Lipinski definition) is 11. The predicted molar refractivity (Wildman–Crippen MR) is 167 cm³/mol. The van der Waals surface area contributed by atoms with E-state index in [1.807, 2.05) is 0 Å². The zero-order chi connectivity index (χ0) is 32.9. The number of anilines is 1. The van der Waals surface area contributed by atoms with Gasteiger partial charge in [-0.2, -0.15) is 0 Å². The van der Waals surface area contributed by atoms with E-state index in [0.29, 0.717) is 23.8 Å². The van der Waals surface area contributed by atoms with Crippen molar-refractivity contribution >= 4 is 29.2 Å². The van der Waals surface area contributed by atoms with E-state index in [1.165, 1.54) is 48.8 Å². The highest BCUT2D eigenvalue weighted by molar-refractivity contribution is 7.90. The highest BCUT2D eigenvalue weighted by Crippen LogP contribution is 2.53. The molecule has 1 N–H and O–H groups in total. The summed E-state index contributed by atoms with van der Waals surface area (Å²) in [4.78, 5) is 21.8. The largest absolute Gasteiger partial charge is 0.491 e. The van der Waals surface area contributed by atoms with Crippen LogP contribution < -0.4 is 14.8 Å². The normalized spacial score (nSPS) is 11.5. The van der Waals surface area contributed by atoms with Crippen molar-refractivity contribution in [1.82, 2.24) is 9.97 Å². The molecule has 1 aromatic heterocycles. The first-order valence-corrected chi connectivity index (χ1v) is 17.0. The van der Waals surface area contributed by atoms with Gasteiger partial charge >= 0.3 is 7.60 Å². The number of nitrogens with one attached hydrogen (secondary N) is 1. The van der Waals surface area contributed by atoms with E-state index < -0.39 is 23.3 Å². The summed E-state index contributed by atoms with van der Waals surface area (Å²) >= 11 is 0. The summed E-state index contributed by atoms with van der Waals surface area (Å²) in [5, 5.41) is 2.68. The van der Waals surface area contributed by atoms with Gasteiger partial charge in [-0.25, -0.2) is 13.4 Å². The third kappa shape index (κ3) is 12.1. The van der Waals surface area contributed by atoms with Gasteiger partial charge in [0, 0.05) is 25.0 Å².